The van der Waals surface area contributed by atoms with Crippen LogP contribution in [0.5, 0.6) is 0 Å². The average Bonchev–Trinajstić information content (AvgIpc) is 3.35. The highest BCUT2D eigenvalue weighted by atomic mass is 16.8. The largest absolute Gasteiger partial charge is 0.459 e. The van der Waals surface area contributed by atoms with E-state index in [4.69, 9.17) is 20.3 Å². The number of ether oxygens (including phenoxy) is 4. The van der Waals surface area contributed by atoms with Crippen LogP contribution in [-0.4, -0.2) is 75.1 Å². The summed E-state index contributed by atoms with van der Waals surface area (Å²) in [7, 11) is 0. The SMILES string of the molecule is [3H]C1C2OC(=O)C34OC5OC(=O)[C@H](O)C5([C@@H]1C(C)(C)C)[C@@]23[C@@H](O)C1OC(=O)[C@@H](C)[C@]14O. The lowest BCUT2D eigenvalue weighted by Crippen LogP contribution is -2.67. The molecule has 30 heavy (non-hydrogen) atoms. The highest BCUT2D eigenvalue weighted by Crippen LogP contribution is 2.84. The molecule has 2 saturated carbocycles. The Morgan fingerprint density at radius 3 is 2.40 bits per heavy atom. The third-order valence-electron chi connectivity index (χ3n) is 8.66. The van der Waals surface area contributed by atoms with Crippen LogP contribution < -0.4 is 0 Å². The summed E-state index contributed by atoms with van der Waals surface area (Å²) in [5, 5.41) is 34.8. The van der Waals surface area contributed by atoms with Gasteiger partial charge >= 0.3 is 17.9 Å². The van der Waals surface area contributed by atoms with Crippen molar-refractivity contribution in [2.45, 2.75) is 76.0 Å². The molecule has 6 fully saturated rings. The zero-order chi connectivity index (χ0) is 22.7. The van der Waals surface area contributed by atoms with Gasteiger partial charge in [0, 0.05) is 1.37 Å². The molecule has 0 radical (unpaired) electrons. The number of hydrogen-bond acceptors (Lipinski definition) is 10. The van der Waals surface area contributed by atoms with E-state index in [0.29, 0.717) is 0 Å². The number of carbonyl (C=O) groups is 3. The van der Waals surface area contributed by atoms with Gasteiger partial charge in [-0.05, 0) is 24.7 Å². The minimum absolute atomic E-state index is 0.729. The van der Waals surface area contributed by atoms with E-state index >= 15 is 0 Å². The highest BCUT2D eigenvalue weighted by Gasteiger charge is 3.03. The predicted molar refractivity (Wildman–Crippen MR) is 92.0 cm³/mol. The van der Waals surface area contributed by atoms with E-state index in [9.17, 15) is 29.7 Å². The monoisotopic (exact) mass is 426 g/mol. The van der Waals surface area contributed by atoms with Crippen molar-refractivity contribution in [1.29, 1.82) is 0 Å². The molecule has 6 unspecified atom stereocenters. The van der Waals surface area contributed by atoms with Crippen molar-refractivity contribution >= 4 is 17.9 Å². The van der Waals surface area contributed by atoms with E-state index in [1.54, 1.807) is 20.8 Å². The first kappa shape index (κ1) is 17.9. The second-order valence-corrected chi connectivity index (χ2v) is 10.5. The maximum absolute atomic E-state index is 13.4. The van der Waals surface area contributed by atoms with Crippen LogP contribution in [0.1, 0.15) is 35.5 Å². The van der Waals surface area contributed by atoms with Crippen LogP contribution in [0.25, 0.3) is 0 Å². The molecule has 2 spiro atoms. The summed E-state index contributed by atoms with van der Waals surface area (Å²) in [4.78, 5) is 38.4. The minimum atomic E-state index is -2.36. The van der Waals surface area contributed by atoms with Crippen molar-refractivity contribution in [3.8, 4) is 0 Å². The number of rotatable bonds is 0. The van der Waals surface area contributed by atoms with Crippen LogP contribution in [-0.2, 0) is 33.3 Å². The molecule has 0 bridgehead atoms. The Labute approximate surface area is 172 Å². The van der Waals surface area contributed by atoms with E-state index in [0.717, 1.165) is 0 Å². The molecule has 2 aliphatic carbocycles. The molecule has 10 heteroatoms. The lowest BCUT2D eigenvalue weighted by Gasteiger charge is -2.47. The third kappa shape index (κ3) is 1.33. The van der Waals surface area contributed by atoms with Crippen molar-refractivity contribution in [3.63, 3.8) is 0 Å². The van der Waals surface area contributed by atoms with Crippen LogP contribution in [0.4, 0.5) is 0 Å². The summed E-state index contributed by atoms with van der Waals surface area (Å²) in [6.07, 6.45) is -9.18. The summed E-state index contributed by atoms with van der Waals surface area (Å²) < 4.78 is 31.3. The van der Waals surface area contributed by atoms with Gasteiger partial charge in [0.15, 0.2) is 17.8 Å². The second kappa shape index (κ2) is 4.69. The van der Waals surface area contributed by atoms with Gasteiger partial charge in [0.05, 0.1) is 16.7 Å². The fourth-order valence-electron chi connectivity index (χ4n) is 7.77. The van der Waals surface area contributed by atoms with Gasteiger partial charge in [-0.25, -0.2) is 9.59 Å². The molecule has 0 aromatic rings. The van der Waals surface area contributed by atoms with Gasteiger partial charge in [-0.1, -0.05) is 20.8 Å². The zero-order valence-corrected chi connectivity index (χ0v) is 16.8. The lowest BCUT2D eigenvalue weighted by molar-refractivity contribution is -0.239. The van der Waals surface area contributed by atoms with Crippen LogP contribution in [0.15, 0.2) is 0 Å². The van der Waals surface area contributed by atoms with Crippen molar-refractivity contribution in [2.24, 2.45) is 28.1 Å². The maximum atomic E-state index is 13.4. The second-order valence-electron chi connectivity index (χ2n) is 10.5. The molecule has 6 aliphatic rings. The van der Waals surface area contributed by atoms with Gasteiger partial charge < -0.3 is 34.3 Å². The average molecular weight is 426 g/mol. The van der Waals surface area contributed by atoms with Crippen molar-refractivity contribution in [2.75, 3.05) is 0 Å². The van der Waals surface area contributed by atoms with Crippen LogP contribution in [0.3, 0.4) is 0 Å². The summed E-state index contributed by atoms with van der Waals surface area (Å²) in [6, 6.07) is 0. The quantitative estimate of drug-likeness (QED) is 0.313. The van der Waals surface area contributed by atoms with E-state index in [-0.39, 0.29) is 0 Å². The Morgan fingerprint density at radius 1 is 1.10 bits per heavy atom. The molecule has 4 aliphatic heterocycles. The first-order valence-corrected chi connectivity index (χ1v) is 10.1. The Kier molecular flexibility index (Phi) is 2.80. The zero-order valence-electron chi connectivity index (χ0n) is 17.8. The Hall–Kier alpha value is -1.75. The maximum Gasteiger partial charge on any atom is 0.343 e. The van der Waals surface area contributed by atoms with Gasteiger partial charge in [0.1, 0.15) is 12.2 Å². The molecule has 3 N–H and O–H groups in total. The van der Waals surface area contributed by atoms with E-state index in [1.807, 2.05) is 0 Å². The number of hydrogen-bond donors (Lipinski definition) is 3. The van der Waals surface area contributed by atoms with Gasteiger partial charge in [-0.2, -0.15) is 0 Å². The molecule has 4 heterocycles. The molecule has 164 valence electrons. The van der Waals surface area contributed by atoms with Crippen molar-refractivity contribution < 1.29 is 50.0 Å². The lowest BCUT2D eigenvalue weighted by atomic mass is 9.51. The smallest absolute Gasteiger partial charge is 0.343 e. The standard InChI is InChI=1S/C20H24O10/c1-6-12(23)28-11-9(21)18-8-5-7(16(2,3)4)17(18)10(22)13(24)29-15(17)30-20(18,14(25)27-8)19(6,11)26/h6-11,15,21-22,26H,5H2,1-4H3/t6-,7+,8?,9+,10+,11?,15?,17?,18+,19+,20?/m1/s1/i5T/t5?,6-,7+,8?,9+,10+,11?,15?,17?,18+,19+,20?. The molecule has 0 aromatic carbocycles. The first-order valence-electron chi connectivity index (χ1n) is 10.7. The third-order valence-corrected chi connectivity index (χ3v) is 8.66. The Morgan fingerprint density at radius 2 is 1.77 bits per heavy atom. The van der Waals surface area contributed by atoms with E-state index in [1.165, 1.54) is 6.92 Å². The Bertz CT molecular complexity index is 962. The molecule has 4 saturated heterocycles. The van der Waals surface area contributed by atoms with Crippen LogP contribution >= 0.6 is 0 Å². The normalized spacial score (nSPS) is 63.0. The summed E-state index contributed by atoms with van der Waals surface area (Å²) in [5.41, 5.74) is -9.15. The Balaban J connectivity index is 1.75. The van der Waals surface area contributed by atoms with Crippen LogP contribution in [0, 0.1) is 28.1 Å². The molecule has 12 atom stereocenters. The highest BCUT2D eigenvalue weighted by molar-refractivity contribution is 5.94. The predicted octanol–water partition coefficient (Wildman–Crippen LogP) is -1.37. The molecule has 10 nitrogen and oxygen atoms in total. The molecule has 0 amide bonds. The molecular weight excluding hydrogens is 400 g/mol. The summed E-state index contributed by atoms with van der Waals surface area (Å²) in [6.45, 7) is 6.77. The topological polar surface area (TPSA) is 149 Å². The van der Waals surface area contributed by atoms with Gasteiger partial charge in [0.2, 0.25) is 11.9 Å². The van der Waals surface area contributed by atoms with Crippen molar-refractivity contribution in [1.82, 2.24) is 0 Å². The molecule has 0 aromatic heterocycles. The minimum Gasteiger partial charge on any atom is -0.459 e. The number of carbonyl (C=O) groups excluding carboxylic acids is 3. The number of aliphatic hydroxyl groups is 3. The number of esters is 3. The molecular formula is C20H24O10. The van der Waals surface area contributed by atoms with Crippen molar-refractivity contribution in [3.05, 3.63) is 0 Å². The van der Waals surface area contributed by atoms with E-state index < -0.39 is 94.3 Å². The number of fused-ring (bicyclic) bond motifs is 1. The van der Waals surface area contributed by atoms with Gasteiger partial charge in [-0.15, -0.1) is 0 Å². The van der Waals surface area contributed by atoms with E-state index in [2.05, 4.69) is 0 Å². The fraction of sp³-hybridized carbons (Fsp3) is 0.850. The number of aliphatic hydroxyl groups excluding tert-OH is 2. The summed E-state index contributed by atoms with van der Waals surface area (Å²) in [5.74, 6) is -5.01. The first-order chi connectivity index (χ1) is 14.3. The van der Waals surface area contributed by atoms with Crippen LogP contribution in [0.2, 0.25) is 0 Å². The summed E-state index contributed by atoms with van der Waals surface area (Å²) >= 11 is 0. The van der Waals surface area contributed by atoms with Gasteiger partial charge in [-0.3, -0.25) is 4.79 Å². The van der Waals surface area contributed by atoms with Gasteiger partial charge in [0.25, 0.3) is 0 Å². The molecule has 6 rings (SSSR count). The fourth-order valence-corrected chi connectivity index (χ4v) is 7.77.